The van der Waals surface area contributed by atoms with Crippen molar-refractivity contribution < 1.29 is 17.9 Å². The number of likely N-dealkylation sites (N-methyl/N-ethyl adjacent to an activating group) is 1. The van der Waals surface area contributed by atoms with Gasteiger partial charge in [0.15, 0.2) is 0 Å². The van der Waals surface area contributed by atoms with Crippen LogP contribution in [0.5, 0.6) is 5.75 Å². The molecule has 0 aliphatic carbocycles. The van der Waals surface area contributed by atoms with Crippen LogP contribution >= 0.6 is 0 Å². The van der Waals surface area contributed by atoms with Crippen molar-refractivity contribution in [2.24, 2.45) is 0 Å². The molecule has 0 atom stereocenters. The van der Waals surface area contributed by atoms with Crippen molar-refractivity contribution in [1.82, 2.24) is 9.47 Å². The predicted octanol–water partition coefficient (Wildman–Crippen LogP) is 3.58. The molecular weight excluding hydrogens is 333 g/mol. The first kappa shape index (κ1) is 19.1. The third-order valence-corrected chi connectivity index (χ3v) is 3.92. The lowest BCUT2D eigenvalue weighted by Crippen LogP contribution is -2.27. The number of aromatic nitrogens is 1. The normalized spacial score (nSPS) is 11.8. The zero-order valence-electron chi connectivity index (χ0n) is 14.2. The van der Waals surface area contributed by atoms with Crippen LogP contribution in [-0.2, 0) is 6.18 Å². The molecule has 0 fully saturated rings. The second-order valence-corrected chi connectivity index (χ2v) is 5.49. The molecule has 4 nitrogen and oxygen atoms in total. The van der Waals surface area contributed by atoms with Crippen LogP contribution in [0.2, 0.25) is 0 Å². The molecule has 7 heteroatoms. The largest absolute Gasteiger partial charge is 0.492 e. The minimum Gasteiger partial charge on any atom is -0.492 e. The molecule has 25 heavy (non-hydrogen) atoms. The van der Waals surface area contributed by atoms with E-state index in [1.807, 2.05) is 0 Å². The van der Waals surface area contributed by atoms with E-state index in [4.69, 9.17) is 4.74 Å². The summed E-state index contributed by atoms with van der Waals surface area (Å²) in [5, 5.41) is 0. The standard InChI is InChI=1S/C18H21F3N2O2/c1-3-22(4-2)11-12-25-16-8-6-15(7-9-16)23-13-14(18(19,20)21)5-10-17(23)24/h5-10,13H,3-4,11-12H2,1-2H3. The third-order valence-electron chi connectivity index (χ3n) is 3.92. The number of nitrogens with zero attached hydrogens (tertiary/aromatic N) is 2. The summed E-state index contributed by atoms with van der Waals surface area (Å²) in [6, 6.07) is 8.11. The zero-order chi connectivity index (χ0) is 18.4. The van der Waals surface area contributed by atoms with E-state index in [9.17, 15) is 18.0 Å². The van der Waals surface area contributed by atoms with Crippen LogP contribution in [0, 0.1) is 0 Å². The Balaban J connectivity index is 2.11. The van der Waals surface area contributed by atoms with Gasteiger partial charge in [-0.2, -0.15) is 13.2 Å². The van der Waals surface area contributed by atoms with Crippen molar-refractivity contribution in [3.63, 3.8) is 0 Å². The highest BCUT2D eigenvalue weighted by molar-refractivity contribution is 5.38. The molecule has 0 saturated carbocycles. The first-order valence-electron chi connectivity index (χ1n) is 8.10. The van der Waals surface area contributed by atoms with Gasteiger partial charge in [0, 0.05) is 24.5 Å². The number of halogens is 3. The Kier molecular flexibility index (Phi) is 6.25. The number of rotatable bonds is 7. The first-order chi connectivity index (χ1) is 11.8. The van der Waals surface area contributed by atoms with E-state index in [1.165, 1.54) is 0 Å². The molecule has 0 amide bonds. The summed E-state index contributed by atoms with van der Waals surface area (Å²) in [6.45, 7) is 7.34. The maximum Gasteiger partial charge on any atom is 0.417 e. The average Bonchev–Trinajstić information content (AvgIpc) is 2.59. The molecule has 136 valence electrons. The molecule has 0 aliphatic rings. The fourth-order valence-corrected chi connectivity index (χ4v) is 2.39. The Morgan fingerprint density at radius 3 is 2.24 bits per heavy atom. The molecule has 1 heterocycles. The van der Waals surface area contributed by atoms with E-state index < -0.39 is 17.3 Å². The minimum atomic E-state index is -4.50. The van der Waals surface area contributed by atoms with Gasteiger partial charge in [-0.1, -0.05) is 13.8 Å². The number of alkyl halides is 3. The maximum absolute atomic E-state index is 12.8. The van der Waals surface area contributed by atoms with Crippen LogP contribution in [0.25, 0.3) is 5.69 Å². The van der Waals surface area contributed by atoms with Crippen molar-refractivity contribution in [2.75, 3.05) is 26.2 Å². The molecule has 2 aromatic rings. The average molecular weight is 354 g/mol. The molecule has 0 radical (unpaired) electrons. The number of pyridine rings is 1. The molecule has 1 aromatic heterocycles. The molecule has 0 unspecified atom stereocenters. The molecule has 1 aromatic carbocycles. The van der Waals surface area contributed by atoms with Gasteiger partial charge in [-0.15, -0.1) is 0 Å². The second-order valence-electron chi connectivity index (χ2n) is 5.49. The van der Waals surface area contributed by atoms with Gasteiger partial charge in [0.25, 0.3) is 5.56 Å². The number of ether oxygens (including phenoxy) is 1. The highest BCUT2D eigenvalue weighted by Crippen LogP contribution is 2.28. The summed E-state index contributed by atoms with van der Waals surface area (Å²) in [7, 11) is 0. The van der Waals surface area contributed by atoms with Gasteiger partial charge in [-0.05, 0) is 43.4 Å². The van der Waals surface area contributed by atoms with Gasteiger partial charge in [-0.3, -0.25) is 9.36 Å². The molecule has 0 N–H and O–H groups in total. The topological polar surface area (TPSA) is 34.5 Å². The smallest absolute Gasteiger partial charge is 0.417 e. The SMILES string of the molecule is CCN(CC)CCOc1ccc(-n2cc(C(F)(F)F)ccc2=O)cc1. The summed E-state index contributed by atoms with van der Waals surface area (Å²) >= 11 is 0. The Morgan fingerprint density at radius 1 is 1.04 bits per heavy atom. The summed E-state index contributed by atoms with van der Waals surface area (Å²) < 4.78 is 45.0. The minimum absolute atomic E-state index is 0.354. The lowest BCUT2D eigenvalue weighted by atomic mass is 10.2. The molecule has 2 rings (SSSR count). The van der Waals surface area contributed by atoms with Crippen LogP contribution in [0.15, 0.2) is 47.4 Å². The van der Waals surface area contributed by atoms with Crippen LogP contribution in [0.3, 0.4) is 0 Å². The highest BCUT2D eigenvalue weighted by Gasteiger charge is 2.31. The van der Waals surface area contributed by atoms with Gasteiger partial charge in [0.05, 0.1) is 5.56 Å². The summed E-state index contributed by atoms with van der Waals surface area (Å²) in [6.07, 6.45) is -3.69. The summed E-state index contributed by atoms with van der Waals surface area (Å²) in [5.74, 6) is 0.607. The van der Waals surface area contributed by atoms with E-state index in [0.29, 0.717) is 18.0 Å². The van der Waals surface area contributed by atoms with E-state index >= 15 is 0 Å². The van der Waals surface area contributed by atoms with Gasteiger partial charge < -0.3 is 9.64 Å². The Bertz CT molecular complexity index is 735. The Morgan fingerprint density at radius 2 is 1.68 bits per heavy atom. The Hall–Kier alpha value is -2.28. The Labute approximate surface area is 144 Å². The monoisotopic (exact) mass is 354 g/mol. The predicted molar refractivity (Wildman–Crippen MR) is 90.3 cm³/mol. The van der Waals surface area contributed by atoms with Gasteiger partial charge in [0.2, 0.25) is 0 Å². The molecule has 0 spiro atoms. The van der Waals surface area contributed by atoms with Crippen LogP contribution < -0.4 is 10.3 Å². The van der Waals surface area contributed by atoms with Gasteiger partial charge in [0.1, 0.15) is 12.4 Å². The van der Waals surface area contributed by atoms with E-state index in [-0.39, 0.29) is 0 Å². The van der Waals surface area contributed by atoms with Crippen molar-refractivity contribution in [3.8, 4) is 11.4 Å². The van der Waals surface area contributed by atoms with Crippen molar-refractivity contribution in [1.29, 1.82) is 0 Å². The van der Waals surface area contributed by atoms with Gasteiger partial charge in [-0.25, -0.2) is 0 Å². The zero-order valence-corrected chi connectivity index (χ0v) is 14.2. The van der Waals surface area contributed by atoms with Gasteiger partial charge >= 0.3 is 6.18 Å². The molecule has 0 bridgehead atoms. The number of benzene rings is 1. The lowest BCUT2D eigenvalue weighted by molar-refractivity contribution is -0.138. The van der Waals surface area contributed by atoms with Crippen molar-refractivity contribution in [2.45, 2.75) is 20.0 Å². The second kappa shape index (κ2) is 8.20. The number of hydrogen-bond acceptors (Lipinski definition) is 3. The summed E-state index contributed by atoms with van der Waals surface area (Å²) in [4.78, 5) is 14.1. The van der Waals surface area contributed by atoms with Crippen molar-refractivity contribution in [3.05, 3.63) is 58.5 Å². The molecular formula is C18H21F3N2O2. The van der Waals surface area contributed by atoms with Crippen LogP contribution in [0.1, 0.15) is 19.4 Å². The van der Waals surface area contributed by atoms with Crippen molar-refractivity contribution >= 4 is 0 Å². The van der Waals surface area contributed by atoms with Crippen LogP contribution in [0.4, 0.5) is 13.2 Å². The third kappa shape index (κ3) is 5.09. The lowest BCUT2D eigenvalue weighted by Gasteiger charge is -2.18. The fourth-order valence-electron chi connectivity index (χ4n) is 2.39. The van der Waals surface area contributed by atoms with E-state index in [0.717, 1.165) is 42.5 Å². The summed E-state index contributed by atoms with van der Waals surface area (Å²) in [5.41, 5.74) is -1.04. The van der Waals surface area contributed by atoms with E-state index in [2.05, 4.69) is 18.7 Å². The highest BCUT2D eigenvalue weighted by atomic mass is 19.4. The molecule has 0 saturated heterocycles. The van der Waals surface area contributed by atoms with E-state index in [1.54, 1.807) is 24.3 Å². The maximum atomic E-state index is 12.8. The molecule has 0 aliphatic heterocycles. The number of hydrogen-bond donors (Lipinski definition) is 0. The van der Waals surface area contributed by atoms with Crippen LogP contribution in [-0.4, -0.2) is 35.7 Å². The quantitative estimate of drug-likeness (QED) is 0.762. The first-order valence-corrected chi connectivity index (χ1v) is 8.10. The fraction of sp³-hybridized carbons (Fsp3) is 0.389.